The van der Waals surface area contributed by atoms with E-state index in [0.717, 1.165) is 29.0 Å². The average molecular weight is 378 g/mol. The third-order valence-electron chi connectivity index (χ3n) is 4.86. The molecule has 0 bridgehead atoms. The van der Waals surface area contributed by atoms with Crippen LogP contribution in [-0.2, 0) is 19.6 Å². The van der Waals surface area contributed by atoms with E-state index in [-0.39, 0.29) is 5.91 Å². The molecule has 0 aliphatic carbocycles. The molecule has 2 aromatic carbocycles. The van der Waals surface area contributed by atoms with Crippen molar-refractivity contribution in [2.75, 3.05) is 7.05 Å². The summed E-state index contributed by atoms with van der Waals surface area (Å²) >= 11 is 0. The lowest BCUT2D eigenvalue weighted by atomic mass is 10.1. The van der Waals surface area contributed by atoms with Crippen LogP contribution in [0.4, 0.5) is 0 Å². The van der Waals surface area contributed by atoms with Crippen molar-refractivity contribution in [3.63, 3.8) is 0 Å². The van der Waals surface area contributed by atoms with Crippen molar-refractivity contribution in [1.82, 2.24) is 10.1 Å². The summed E-state index contributed by atoms with van der Waals surface area (Å²) in [4.78, 5) is 14.4. The second-order valence-electron chi connectivity index (χ2n) is 6.95. The summed E-state index contributed by atoms with van der Waals surface area (Å²) in [6, 6.07) is 15.6. The lowest BCUT2D eigenvalue weighted by molar-refractivity contribution is 0.0785. The van der Waals surface area contributed by atoms with Crippen molar-refractivity contribution in [3.05, 3.63) is 82.2 Å². The van der Waals surface area contributed by atoms with E-state index in [0.29, 0.717) is 24.5 Å². The first-order chi connectivity index (χ1) is 13.5. The topological polar surface area (TPSA) is 55.6 Å². The number of aromatic nitrogens is 1. The Kier molecular flexibility index (Phi) is 6.14. The molecule has 28 heavy (non-hydrogen) atoms. The first-order valence-electron chi connectivity index (χ1n) is 9.45. The van der Waals surface area contributed by atoms with Crippen LogP contribution in [0.1, 0.15) is 45.4 Å². The van der Waals surface area contributed by atoms with Gasteiger partial charge in [0.05, 0.1) is 11.3 Å². The average Bonchev–Trinajstić information content (AvgIpc) is 3.04. The highest BCUT2D eigenvalue weighted by molar-refractivity contribution is 5.94. The summed E-state index contributed by atoms with van der Waals surface area (Å²) in [5.41, 5.74) is 4.83. The van der Waals surface area contributed by atoms with Crippen molar-refractivity contribution < 1.29 is 14.1 Å². The molecule has 1 amide bonds. The number of amides is 1. The van der Waals surface area contributed by atoms with Gasteiger partial charge in [-0.15, -0.1) is 0 Å². The highest BCUT2D eigenvalue weighted by atomic mass is 16.5. The van der Waals surface area contributed by atoms with Gasteiger partial charge in [-0.2, -0.15) is 0 Å². The Labute approximate surface area is 165 Å². The lowest BCUT2D eigenvalue weighted by Gasteiger charge is -2.18. The van der Waals surface area contributed by atoms with E-state index < -0.39 is 0 Å². The van der Waals surface area contributed by atoms with Gasteiger partial charge in [0.15, 0.2) is 0 Å². The molecule has 5 nitrogen and oxygen atoms in total. The summed E-state index contributed by atoms with van der Waals surface area (Å²) in [5, 5.41) is 3.92. The largest absolute Gasteiger partial charge is 0.489 e. The van der Waals surface area contributed by atoms with Crippen LogP contribution >= 0.6 is 0 Å². The monoisotopic (exact) mass is 378 g/mol. The normalized spacial score (nSPS) is 10.7. The summed E-state index contributed by atoms with van der Waals surface area (Å²) in [6.45, 7) is 6.86. The van der Waals surface area contributed by atoms with E-state index in [1.165, 1.54) is 5.56 Å². The van der Waals surface area contributed by atoms with Gasteiger partial charge in [0.25, 0.3) is 5.91 Å². The Morgan fingerprint density at radius 1 is 1.04 bits per heavy atom. The van der Waals surface area contributed by atoms with Crippen molar-refractivity contribution in [1.29, 1.82) is 0 Å². The maximum absolute atomic E-state index is 12.7. The quantitative estimate of drug-likeness (QED) is 0.598. The van der Waals surface area contributed by atoms with Crippen LogP contribution in [0.15, 0.2) is 53.1 Å². The number of ether oxygens (including phenoxy) is 1. The maximum Gasteiger partial charge on any atom is 0.253 e. The number of benzene rings is 2. The second kappa shape index (κ2) is 8.74. The van der Waals surface area contributed by atoms with Crippen LogP contribution < -0.4 is 4.74 Å². The molecule has 3 rings (SSSR count). The molecule has 0 spiro atoms. The van der Waals surface area contributed by atoms with E-state index in [1.54, 1.807) is 17.0 Å². The molecule has 0 radical (unpaired) electrons. The standard InChI is InChI=1S/C23H26N2O3/c1-5-18-6-8-19(9-7-18)14-25(4)23(26)20-10-12-21(13-11-20)27-15-22-16(2)24-28-17(22)3/h6-13H,5,14-15H2,1-4H3. The minimum Gasteiger partial charge on any atom is -0.489 e. The number of rotatable bonds is 7. The highest BCUT2D eigenvalue weighted by Gasteiger charge is 2.13. The SMILES string of the molecule is CCc1ccc(CN(C)C(=O)c2ccc(OCc3c(C)noc3C)cc2)cc1. The molecule has 3 aromatic rings. The van der Waals surface area contributed by atoms with Gasteiger partial charge in [0.1, 0.15) is 18.1 Å². The molecule has 0 aliphatic heterocycles. The Bertz CT molecular complexity index is 908. The van der Waals surface area contributed by atoms with Crippen LogP contribution in [0.2, 0.25) is 0 Å². The van der Waals surface area contributed by atoms with Crippen molar-refractivity contribution in [2.45, 2.75) is 40.3 Å². The number of aryl methyl sites for hydroxylation is 3. The van der Waals surface area contributed by atoms with Crippen molar-refractivity contribution >= 4 is 5.91 Å². The molecule has 0 saturated heterocycles. The van der Waals surface area contributed by atoms with Gasteiger partial charge < -0.3 is 14.2 Å². The fourth-order valence-electron chi connectivity index (χ4n) is 3.00. The molecule has 0 unspecified atom stereocenters. The Morgan fingerprint density at radius 2 is 1.68 bits per heavy atom. The third-order valence-corrected chi connectivity index (χ3v) is 4.86. The number of carbonyl (C=O) groups excluding carboxylic acids is 1. The molecule has 1 heterocycles. The van der Waals surface area contributed by atoms with Gasteiger partial charge >= 0.3 is 0 Å². The van der Waals surface area contributed by atoms with Gasteiger partial charge in [0, 0.05) is 19.2 Å². The molecule has 0 fully saturated rings. The summed E-state index contributed by atoms with van der Waals surface area (Å²) in [5.74, 6) is 1.45. The highest BCUT2D eigenvalue weighted by Crippen LogP contribution is 2.19. The molecular weight excluding hydrogens is 352 g/mol. The van der Waals surface area contributed by atoms with Gasteiger partial charge in [-0.3, -0.25) is 4.79 Å². The zero-order chi connectivity index (χ0) is 20.1. The van der Waals surface area contributed by atoms with Crippen LogP contribution in [0.5, 0.6) is 5.75 Å². The Balaban J connectivity index is 1.59. The van der Waals surface area contributed by atoms with Crippen LogP contribution in [0.3, 0.4) is 0 Å². The second-order valence-corrected chi connectivity index (χ2v) is 6.95. The predicted octanol–water partition coefficient (Wildman–Crippen LogP) is 4.71. The minimum atomic E-state index is -0.0168. The van der Waals surface area contributed by atoms with Gasteiger partial charge in [-0.05, 0) is 55.7 Å². The van der Waals surface area contributed by atoms with Crippen molar-refractivity contribution in [3.8, 4) is 5.75 Å². The zero-order valence-corrected chi connectivity index (χ0v) is 16.9. The van der Waals surface area contributed by atoms with Crippen molar-refractivity contribution in [2.24, 2.45) is 0 Å². The molecule has 0 saturated carbocycles. The Hall–Kier alpha value is -3.08. The van der Waals surface area contributed by atoms with Gasteiger partial charge in [-0.25, -0.2) is 0 Å². The first kappa shape index (κ1) is 19.7. The van der Waals surface area contributed by atoms with Crippen LogP contribution in [0.25, 0.3) is 0 Å². The third kappa shape index (κ3) is 4.60. The van der Waals surface area contributed by atoms with E-state index in [9.17, 15) is 4.79 Å². The maximum atomic E-state index is 12.7. The van der Waals surface area contributed by atoms with E-state index in [2.05, 4.69) is 36.3 Å². The number of hydrogen-bond acceptors (Lipinski definition) is 4. The fourth-order valence-corrected chi connectivity index (χ4v) is 3.00. The van der Waals surface area contributed by atoms with E-state index in [4.69, 9.17) is 9.26 Å². The van der Waals surface area contributed by atoms with E-state index in [1.807, 2.05) is 33.0 Å². The number of carbonyl (C=O) groups is 1. The molecular formula is C23H26N2O3. The molecule has 0 atom stereocenters. The molecule has 146 valence electrons. The molecule has 0 N–H and O–H groups in total. The fraction of sp³-hybridized carbons (Fsp3) is 0.304. The zero-order valence-electron chi connectivity index (χ0n) is 16.9. The number of nitrogens with zero attached hydrogens (tertiary/aromatic N) is 2. The van der Waals surface area contributed by atoms with Gasteiger partial charge in [-0.1, -0.05) is 36.3 Å². The summed E-state index contributed by atoms with van der Waals surface area (Å²) in [7, 11) is 1.82. The number of hydrogen-bond donors (Lipinski definition) is 0. The minimum absolute atomic E-state index is 0.0168. The van der Waals surface area contributed by atoms with Crippen LogP contribution in [-0.4, -0.2) is 23.0 Å². The van der Waals surface area contributed by atoms with Crippen LogP contribution in [0, 0.1) is 13.8 Å². The molecule has 1 aromatic heterocycles. The summed E-state index contributed by atoms with van der Waals surface area (Å²) in [6.07, 6.45) is 1.01. The molecule has 0 aliphatic rings. The molecule has 5 heteroatoms. The Morgan fingerprint density at radius 3 is 2.25 bits per heavy atom. The predicted molar refractivity (Wildman–Crippen MR) is 108 cm³/mol. The van der Waals surface area contributed by atoms with E-state index >= 15 is 0 Å². The smallest absolute Gasteiger partial charge is 0.253 e. The van der Waals surface area contributed by atoms with Gasteiger partial charge in [0.2, 0.25) is 0 Å². The summed E-state index contributed by atoms with van der Waals surface area (Å²) < 4.78 is 10.9. The lowest BCUT2D eigenvalue weighted by Crippen LogP contribution is -2.26. The first-order valence-corrected chi connectivity index (χ1v) is 9.45.